The summed E-state index contributed by atoms with van der Waals surface area (Å²) in [5.41, 5.74) is 2.53. The van der Waals surface area contributed by atoms with Crippen LogP contribution in [-0.4, -0.2) is 19.1 Å². The zero-order chi connectivity index (χ0) is 15.1. The lowest BCUT2D eigenvalue weighted by atomic mass is 10.2. The van der Waals surface area contributed by atoms with E-state index in [4.69, 9.17) is 15.3 Å². The van der Waals surface area contributed by atoms with E-state index in [1.54, 1.807) is 24.3 Å². The number of hydrogen-bond donors (Lipinski definition) is 2. The molecular weight excluding hydrogens is 336 g/mol. The summed E-state index contributed by atoms with van der Waals surface area (Å²) in [5.74, 6) is 6.10. The van der Waals surface area contributed by atoms with E-state index in [9.17, 15) is 4.79 Å². The molecule has 0 bridgehead atoms. The number of amides is 1. The second kappa shape index (κ2) is 7.66. The predicted molar refractivity (Wildman–Crippen MR) is 83.2 cm³/mol. The molecule has 2 rings (SSSR count). The second-order valence-electron chi connectivity index (χ2n) is 4.15. The van der Waals surface area contributed by atoms with E-state index in [1.807, 2.05) is 24.3 Å². The molecular formula is C15H15BrN2O3. The van der Waals surface area contributed by atoms with Gasteiger partial charge in [-0.3, -0.25) is 10.2 Å². The maximum atomic E-state index is 11.4. The van der Waals surface area contributed by atoms with Crippen molar-refractivity contribution < 1.29 is 14.3 Å². The van der Waals surface area contributed by atoms with Gasteiger partial charge in [-0.1, -0.05) is 22.0 Å². The molecule has 0 aliphatic heterocycles. The molecule has 0 aliphatic rings. The summed E-state index contributed by atoms with van der Waals surface area (Å²) in [6.07, 6.45) is 0. The Morgan fingerprint density at radius 1 is 1.05 bits per heavy atom. The first-order valence-electron chi connectivity index (χ1n) is 6.31. The lowest BCUT2D eigenvalue weighted by molar-refractivity contribution is 0.0953. The SMILES string of the molecule is NNC(=O)c1cccc(OCCOc2ccc(Br)cc2)c1. The van der Waals surface area contributed by atoms with Crippen LogP contribution in [0, 0.1) is 0 Å². The van der Waals surface area contributed by atoms with E-state index in [1.165, 1.54) is 0 Å². The quantitative estimate of drug-likeness (QED) is 0.363. The Kier molecular flexibility index (Phi) is 5.59. The van der Waals surface area contributed by atoms with Crippen LogP contribution >= 0.6 is 15.9 Å². The van der Waals surface area contributed by atoms with Gasteiger partial charge in [-0.25, -0.2) is 5.84 Å². The third kappa shape index (κ3) is 4.77. The summed E-state index contributed by atoms with van der Waals surface area (Å²) in [4.78, 5) is 11.4. The van der Waals surface area contributed by atoms with Gasteiger partial charge in [0.15, 0.2) is 0 Å². The lowest BCUT2D eigenvalue weighted by Crippen LogP contribution is -2.29. The molecule has 2 aromatic carbocycles. The summed E-state index contributed by atoms with van der Waals surface area (Å²) in [6, 6.07) is 14.3. The zero-order valence-electron chi connectivity index (χ0n) is 11.2. The molecule has 2 aromatic rings. The van der Waals surface area contributed by atoms with Gasteiger partial charge in [-0.2, -0.15) is 0 Å². The van der Waals surface area contributed by atoms with Crippen LogP contribution in [0.1, 0.15) is 10.4 Å². The Hall–Kier alpha value is -2.05. The van der Waals surface area contributed by atoms with E-state index in [0.717, 1.165) is 10.2 Å². The van der Waals surface area contributed by atoms with Crippen LogP contribution in [0.5, 0.6) is 11.5 Å². The number of halogens is 1. The third-order valence-corrected chi connectivity index (χ3v) is 3.19. The minimum Gasteiger partial charge on any atom is -0.490 e. The smallest absolute Gasteiger partial charge is 0.265 e. The van der Waals surface area contributed by atoms with Gasteiger partial charge in [-0.05, 0) is 42.5 Å². The topological polar surface area (TPSA) is 73.6 Å². The Bertz CT molecular complexity index is 602. The fraction of sp³-hybridized carbons (Fsp3) is 0.133. The summed E-state index contributed by atoms with van der Waals surface area (Å²) >= 11 is 3.36. The Balaban J connectivity index is 1.80. The van der Waals surface area contributed by atoms with Crippen molar-refractivity contribution in [2.75, 3.05) is 13.2 Å². The van der Waals surface area contributed by atoms with Crippen molar-refractivity contribution in [1.29, 1.82) is 0 Å². The molecule has 0 unspecified atom stereocenters. The molecule has 21 heavy (non-hydrogen) atoms. The monoisotopic (exact) mass is 350 g/mol. The average Bonchev–Trinajstić information content (AvgIpc) is 2.53. The molecule has 0 aromatic heterocycles. The third-order valence-electron chi connectivity index (χ3n) is 2.66. The molecule has 110 valence electrons. The van der Waals surface area contributed by atoms with Crippen LogP contribution in [0.2, 0.25) is 0 Å². The Morgan fingerprint density at radius 2 is 1.71 bits per heavy atom. The van der Waals surface area contributed by atoms with Crippen LogP contribution in [-0.2, 0) is 0 Å². The summed E-state index contributed by atoms with van der Waals surface area (Å²) in [7, 11) is 0. The van der Waals surface area contributed by atoms with E-state index in [0.29, 0.717) is 24.5 Å². The maximum absolute atomic E-state index is 11.4. The van der Waals surface area contributed by atoms with E-state index < -0.39 is 0 Å². The number of nitrogen functional groups attached to an aromatic ring is 1. The van der Waals surface area contributed by atoms with Crippen LogP contribution in [0.3, 0.4) is 0 Å². The fourth-order valence-corrected chi connectivity index (χ4v) is 1.92. The molecule has 0 aliphatic carbocycles. The molecule has 0 fully saturated rings. The van der Waals surface area contributed by atoms with Gasteiger partial charge < -0.3 is 9.47 Å². The molecule has 0 heterocycles. The normalized spacial score (nSPS) is 10.0. The zero-order valence-corrected chi connectivity index (χ0v) is 12.8. The number of ether oxygens (including phenoxy) is 2. The number of carbonyl (C=O) groups excluding carboxylic acids is 1. The van der Waals surface area contributed by atoms with Crippen molar-refractivity contribution in [1.82, 2.24) is 5.43 Å². The minimum atomic E-state index is -0.355. The first-order valence-corrected chi connectivity index (χ1v) is 7.10. The minimum absolute atomic E-state index is 0.355. The largest absolute Gasteiger partial charge is 0.490 e. The lowest BCUT2D eigenvalue weighted by Gasteiger charge is -2.09. The Morgan fingerprint density at radius 3 is 2.38 bits per heavy atom. The molecule has 5 nitrogen and oxygen atoms in total. The van der Waals surface area contributed by atoms with Gasteiger partial charge in [0, 0.05) is 10.0 Å². The van der Waals surface area contributed by atoms with Crippen molar-refractivity contribution in [3.63, 3.8) is 0 Å². The fourth-order valence-electron chi connectivity index (χ4n) is 1.66. The van der Waals surface area contributed by atoms with Crippen LogP contribution in [0.15, 0.2) is 53.0 Å². The van der Waals surface area contributed by atoms with Gasteiger partial charge >= 0.3 is 0 Å². The van der Waals surface area contributed by atoms with Gasteiger partial charge in [-0.15, -0.1) is 0 Å². The van der Waals surface area contributed by atoms with E-state index in [-0.39, 0.29) is 5.91 Å². The number of hydrazine groups is 1. The first-order chi connectivity index (χ1) is 10.2. The summed E-state index contributed by atoms with van der Waals surface area (Å²) < 4.78 is 12.1. The molecule has 0 radical (unpaired) electrons. The van der Waals surface area contributed by atoms with E-state index in [2.05, 4.69) is 21.4 Å². The maximum Gasteiger partial charge on any atom is 0.265 e. The van der Waals surface area contributed by atoms with Crippen molar-refractivity contribution in [2.45, 2.75) is 0 Å². The Labute approximate surface area is 131 Å². The summed E-state index contributed by atoms with van der Waals surface area (Å²) in [6.45, 7) is 0.790. The average molecular weight is 351 g/mol. The van der Waals surface area contributed by atoms with Gasteiger partial charge in [0.05, 0.1) is 0 Å². The van der Waals surface area contributed by atoms with Gasteiger partial charge in [0.1, 0.15) is 24.7 Å². The molecule has 0 saturated carbocycles. The molecule has 0 saturated heterocycles. The second-order valence-corrected chi connectivity index (χ2v) is 5.07. The standard InChI is InChI=1S/C15H15BrN2O3/c16-12-4-6-13(7-5-12)20-8-9-21-14-3-1-2-11(10-14)15(19)18-17/h1-7,10H,8-9,17H2,(H,18,19). The number of rotatable bonds is 6. The van der Waals surface area contributed by atoms with Gasteiger partial charge in [0.25, 0.3) is 5.91 Å². The number of nitrogens with one attached hydrogen (secondary N) is 1. The molecule has 1 amide bonds. The van der Waals surface area contributed by atoms with Crippen molar-refractivity contribution in [2.24, 2.45) is 5.84 Å². The molecule has 0 spiro atoms. The van der Waals surface area contributed by atoms with Crippen LogP contribution in [0.4, 0.5) is 0 Å². The van der Waals surface area contributed by atoms with Crippen molar-refractivity contribution in [3.8, 4) is 11.5 Å². The first kappa shape index (κ1) is 15.3. The molecule has 6 heteroatoms. The van der Waals surface area contributed by atoms with Crippen molar-refractivity contribution >= 4 is 21.8 Å². The molecule has 3 N–H and O–H groups in total. The van der Waals surface area contributed by atoms with Gasteiger partial charge in [0.2, 0.25) is 0 Å². The van der Waals surface area contributed by atoms with Crippen molar-refractivity contribution in [3.05, 3.63) is 58.6 Å². The highest BCUT2D eigenvalue weighted by atomic mass is 79.9. The van der Waals surface area contributed by atoms with E-state index >= 15 is 0 Å². The predicted octanol–water partition coefficient (Wildman–Crippen LogP) is 2.51. The number of hydrogen-bond acceptors (Lipinski definition) is 4. The van der Waals surface area contributed by atoms with Crippen LogP contribution in [0.25, 0.3) is 0 Å². The highest BCUT2D eigenvalue weighted by Crippen LogP contribution is 2.16. The number of carbonyl (C=O) groups is 1. The number of benzene rings is 2. The summed E-state index contributed by atoms with van der Waals surface area (Å²) in [5, 5.41) is 0. The van der Waals surface area contributed by atoms with Crippen LogP contribution < -0.4 is 20.7 Å². The highest BCUT2D eigenvalue weighted by molar-refractivity contribution is 9.10. The number of nitrogens with two attached hydrogens (primary N) is 1. The highest BCUT2D eigenvalue weighted by Gasteiger charge is 2.04. The molecule has 0 atom stereocenters.